The average molecular weight is 1170 g/mol. The molecule has 0 spiro atoms. The molecule has 0 bridgehead atoms. The van der Waals surface area contributed by atoms with Crippen molar-refractivity contribution >= 4 is 68.9 Å². The molecule has 4 heterocycles. The van der Waals surface area contributed by atoms with Crippen molar-refractivity contribution in [1.29, 1.82) is 0 Å². The van der Waals surface area contributed by atoms with E-state index in [1.165, 1.54) is 25.7 Å². The highest BCUT2D eigenvalue weighted by Gasteiger charge is 2.61. The fraction of sp³-hybridized carbons (Fsp3) is 0.237. The number of anilines is 1. The SMILES string of the molecule is COC(Cn1c(SC=CC2=C(C(=O)OC(c3ccccc3)c3ccccc3)N3C(=O)C(NC(=O)C(=NOCC(=O)OC(C)(C)C)c4csc(NC(c5ccccc5)(c5ccccc5)c5ccccc5)n4)C3[S+]([O-])C2)n[nH]c(=O)c1=O)OC. The molecular weight excluding hydrogens is 1110 g/mol. The Morgan fingerprint density at radius 2 is 1.39 bits per heavy atom. The first-order chi connectivity index (χ1) is 39.6. The molecule has 1 fully saturated rings. The number of thioether (sulfide) groups is 1. The standard InChI is InChI=1S/C59H56N8O12S3/c1-58(2,3)79-44(68)34-77-65-46(43-35-81-56(60-43)62-59(40-25-15-8-16-26-40,41-27-17-9-18-28-41)42-29-19-10-20-30-42)50(69)61-47-52(71)67-48(55(73)78-49(37-21-11-6-12-22-37)38-23-13-7-14-24-38)39(36-82(74)54(47)67)31-32-80-57-64-63-51(70)53(72)66(57)33-45(75-4)76-5/h6-32,35,45,47,49,54H,33-34,36H2,1-5H3,(H,60,62)(H,61,69)(H,63,70). The lowest BCUT2D eigenvalue weighted by Crippen LogP contribution is -2.75. The molecule has 2 aliphatic rings. The van der Waals surface area contributed by atoms with Crippen LogP contribution in [0.1, 0.15) is 60.4 Å². The number of methoxy groups -OCH3 is 2. The quantitative estimate of drug-likeness (QED) is 0.00727. The van der Waals surface area contributed by atoms with Crippen molar-refractivity contribution in [2.45, 2.75) is 67.4 Å². The zero-order chi connectivity index (χ0) is 58.0. The number of carbonyl (C=O) groups excluding carboxylic acids is 4. The van der Waals surface area contributed by atoms with Crippen LogP contribution in [0.5, 0.6) is 0 Å². The van der Waals surface area contributed by atoms with Gasteiger partial charge in [-0.3, -0.25) is 28.6 Å². The topological polar surface area (TPSA) is 258 Å². The van der Waals surface area contributed by atoms with E-state index >= 15 is 0 Å². The molecule has 82 heavy (non-hydrogen) atoms. The molecule has 0 aliphatic carbocycles. The maximum absolute atomic E-state index is 14.9. The van der Waals surface area contributed by atoms with Gasteiger partial charge in [-0.2, -0.15) is 0 Å². The van der Waals surface area contributed by atoms with Gasteiger partial charge < -0.3 is 39.0 Å². The van der Waals surface area contributed by atoms with Gasteiger partial charge in [-0.25, -0.2) is 19.7 Å². The van der Waals surface area contributed by atoms with Crippen LogP contribution in [0.15, 0.2) is 200 Å². The number of nitrogens with one attached hydrogen (secondary N) is 3. The Kier molecular flexibility index (Phi) is 18.4. The van der Waals surface area contributed by atoms with Crippen LogP contribution in [-0.2, 0) is 66.2 Å². The molecule has 2 aromatic heterocycles. The van der Waals surface area contributed by atoms with Crippen molar-refractivity contribution < 1.29 is 47.5 Å². The number of nitrogens with zero attached hydrogens (tertiary/aromatic N) is 5. The van der Waals surface area contributed by atoms with Crippen molar-refractivity contribution in [3.8, 4) is 0 Å². The Bertz CT molecular complexity index is 3480. The van der Waals surface area contributed by atoms with Crippen LogP contribution < -0.4 is 21.8 Å². The predicted molar refractivity (Wildman–Crippen MR) is 309 cm³/mol. The monoisotopic (exact) mass is 1160 g/mol. The number of thiazole rings is 1. The van der Waals surface area contributed by atoms with Gasteiger partial charge in [0.25, 0.3) is 11.8 Å². The molecular formula is C59H56N8O12S3. The third-order valence-corrected chi connectivity index (χ3v) is 16.1. The molecule has 5 aromatic carbocycles. The number of fused-ring (bicyclic) bond motifs is 1. The molecule has 2 amide bonds. The molecule has 2 aliphatic heterocycles. The van der Waals surface area contributed by atoms with Crippen LogP contribution in [0.3, 0.4) is 0 Å². The number of carbonyl (C=O) groups is 4. The fourth-order valence-corrected chi connectivity index (χ4v) is 12.4. The Balaban J connectivity index is 1.06. The number of aromatic amines is 1. The van der Waals surface area contributed by atoms with Gasteiger partial charge in [-0.05, 0) is 71.2 Å². The number of rotatable bonds is 22. The number of ether oxygens (including phenoxy) is 4. The first-order valence-electron chi connectivity index (χ1n) is 25.6. The second-order valence-electron chi connectivity index (χ2n) is 19.4. The molecule has 23 heteroatoms. The first kappa shape index (κ1) is 58.2. The largest absolute Gasteiger partial charge is 0.614 e. The third kappa shape index (κ3) is 13.0. The number of hydrogen-bond donors (Lipinski definition) is 3. The van der Waals surface area contributed by atoms with E-state index in [1.54, 1.807) is 74.7 Å². The van der Waals surface area contributed by atoms with Crippen LogP contribution in [0.25, 0.3) is 0 Å². The number of hydrogen-bond acceptors (Lipinski definition) is 18. The second kappa shape index (κ2) is 26.0. The Hall–Kier alpha value is -8.45. The van der Waals surface area contributed by atoms with Gasteiger partial charge in [0.05, 0.1) is 6.54 Å². The number of allylic oxidation sites excluding steroid dienone is 1. The van der Waals surface area contributed by atoms with Crippen LogP contribution in [0.4, 0.5) is 5.13 Å². The molecule has 3 N–H and O–H groups in total. The van der Waals surface area contributed by atoms with E-state index in [0.29, 0.717) is 16.3 Å². The highest BCUT2D eigenvalue weighted by atomic mass is 32.2. The van der Waals surface area contributed by atoms with E-state index in [0.717, 1.165) is 49.3 Å². The van der Waals surface area contributed by atoms with Gasteiger partial charge in [0.15, 0.2) is 34.4 Å². The zero-order valence-corrected chi connectivity index (χ0v) is 47.4. The van der Waals surface area contributed by atoms with Gasteiger partial charge in [-0.15, -0.1) is 16.4 Å². The summed E-state index contributed by atoms with van der Waals surface area (Å²) in [6.45, 7) is 4.15. The minimum absolute atomic E-state index is 0.00464. The number of amides is 2. The van der Waals surface area contributed by atoms with Gasteiger partial charge in [0, 0.05) is 25.2 Å². The normalized spacial score (nSPS) is 16.4. The summed E-state index contributed by atoms with van der Waals surface area (Å²) in [5.41, 5.74) is -0.531. The van der Waals surface area contributed by atoms with Crippen LogP contribution in [-0.4, -0.2) is 109 Å². The second-order valence-corrected chi connectivity index (χ2v) is 22.7. The molecule has 0 saturated carbocycles. The summed E-state index contributed by atoms with van der Waals surface area (Å²) in [5.74, 6) is -3.85. The molecule has 7 aromatic rings. The maximum atomic E-state index is 14.9. The van der Waals surface area contributed by atoms with E-state index in [2.05, 4.69) is 26.0 Å². The minimum atomic E-state index is -2.00. The van der Waals surface area contributed by atoms with E-state index < -0.39 is 93.3 Å². The Morgan fingerprint density at radius 1 is 0.841 bits per heavy atom. The van der Waals surface area contributed by atoms with Gasteiger partial charge >= 0.3 is 23.1 Å². The van der Waals surface area contributed by atoms with Crippen molar-refractivity contribution in [2.75, 3.05) is 31.9 Å². The summed E-state index contributed by atoms with van der Waals surface area (Å²) >= 11 is 0.0321. The molecule has 0 radical (unpaired) electrons. The minimum Gasteiger partial charge on any atom is -0.614 e. The van der Waals surface area contributed by atoms with Crippen LogP contribution >= 0.6 is 23.1 Å². The van der Waals surface area contributed by atoms with Crippen LogP contribution in [0.2, 0.25) is 0 Å². The molecule has 1 saturated heterocycles. The fourth-order valence-electron chi connectivity index (χ4n) is 9.22. The number of esters is 2. The van der Waals surface area contributed by atoms with Crippen molar-refractivity contribution in [3.05, 3.63) is 234 Å². The summed E-state index contributed by atoms with van der Waals surface area (Å²) in [4.78, 5) is 94.1. The summed E-state index contributed by atoms with van der Waals surface area (Å²) in [6.07, 6.45) is -0.458. The first-order valence-corrected chi connectivity index (χ1v) is 28.7. The Morgan fingerprint density at radius 3 is 1.93 bits per heavy atom. The van der Waals surface area contributed by atoms with Gasteiger partial charge in [0.2, 0.25) is 12.0 Å². The lowest BCUT2D eigenvalue weighted by atomic mass is 9.77. The highest BCUT2D eigenvalue weighted by Crippen LogP contribution is 2.42. The number of aromatic nitrogens is 4. The van der Waals surface area contributed by atoms with Crippen LogP contribution in [0, 0.1) is 0 Å². The third-order valence-electron chi connectivity index (χ3n) is 12.9. The molecule has 20 nitrogen and oxygen atoms in total. The number of β-lactam (4-membered cyclic amide) rings is 1. The van der Waals surface area contributed by atoms with Gasteiger partial charge in [0.1, 0.15) is 28.3 Å². The molecule has 9 rings (SSSR count). The van der Waals surface area contributed by atoms with E-state index in [-0.39, 0.29) is 34.4 Å². The van der Waals surface area contributed by atoms with E-state index in [1.807, 2.05) is 103 Å². The lowest BCUT2D eigenvalue weighted by molar-refractivity contribution is -0.160. The maximum Gasteiger partial charge on any atom is 0.356 e. The lowest BCUT2D eigenvalue weighted by Gasteiger charge is -2.49. The van der Waals surface area contributed by atoms with E-state index in [9.17, 15) is 33.3 Å². The molecule has 3 atom stereocenters. The predicted octanol–water partition coefficient (Wildman–Crippen LogP) is 6.78. The van der Waals surface area contributed by atoms with E-state index in [4.69, 9.17) is 28.8 Å². The summed E-state index contributed by atoms with van der Waals surface area (Å²) < 4.78 is 37.9. The smallest absolute Gasteiger partial charge is 0.356 e. The summed E-state index contributed by atoms with van der Waals surface area (Å²) in [6, 6.07) is 45.8. The number of benzene rings is 5. The molecule has 3 unspecified atom stereocenters. The Labute approximate surface area is 482 Å². The van der Waals surface area contributed by atoms with Crippen molar-refractivity contribution in [2.24, 2.45) is 5.16 Å². The molecule has 422 valence electrons. The average Bonchev–Trinajstić information content (AvgIpc) is 1.57. The van der Waals surface area contributed by atoms with Crippen molar-refractivity contribution in [1.82, 2.24) is 30.0 Å². The highest BCUT2D eigenvalue weighted by molar-refractivity contribution is 8.02. The summed E-state index contributed by atoms with van der Waals surface area (Å²) in [5, 5.41) is 18.8. The van der Waals surface area contributed by atoms with Gasteiger partial charge in [-0.1, -0.05) is 169 Å². The zero-order valence-electron chi connectivity index (χ0n) is 45.0. The number of oxime groups is 1. The number of H-pyrrole nitrogens is 1. The van der Waals surface area contributed by atoms with Crippen molar-refractivity contribution in [3.63, 3.8) is 0 Å². The summed E-state index contributed by atoms with van der Waals surface area (Å²) in [7, 11) is 2.73.